The van der Waals surface area contributed by atoms with Gasteiger partial charge in [0.15, 0.2) is 0 Å². The lowest BCUT2D eigenvalue weighted by Gasteiger charge is -1.75. The Bertz CT molecular complexity index is 86.1. The van der Waals surface area contributed by atoms with E-state index in [-0.39, 0.29) is 6.61 Å². The van der Waals surface area contributed by atoms with Crippen molar-refractivity contribution >= 4 is 17.1 Å². The number of rotatable bonds is 2. The maximum atomic E-state index is 9.69. The smallest absolute Gasteiger partial charge is 0.101 e. The maximum absolute atomic E-state index is 9.69. The first-order valence-electron chi connectivity index (χ1n) is 2.02. The van der Waals surface area contributed by atoms with E-state index in [4.69, 9.17) is 0 Å². The minimum Gasteiger partial charge on any atom is -0.232 e. The van der Waals surface area contributed by atoms with Crippen LogP contribution in [0.5, 0.6) is 0 Å². The molecular weight excluding hydrogens is 108 g/mol. The summed E-state index contributed by atoms with van der Waals surface area (Å²) >= 11 is 4.64. The molecule has 0 fully saturated rings. The summed E-state index contributed by atoms with van der Waals surface area (Å²) in [7, 11) is 0. The molecular formula is C5H7OS. The van der Waals surface area contributed by atoms with Crippen molar-refractivity contribution in [3.05, 3.63) is 12.2 Å². The summed E-state index contributed by atoms with van der Waals surface area (Å²) in [6.07, 6.45) is 3.14. The quantitative estimate of drug-likeness (QED) is 0.393. The zero-order valence-electron chi connectivity index (χ0n) is 4.18. The summed E-state index contributed by atoms with van der Waals surface area (Å²) in [4.78, 5) is 0.760. The molecule has 1 radical (unpaired) electrons. The molecule has 2 heteroatoms. The van der Waals surface area contributed by atoms with E-state index in [1.54, 1.807) is 13.0 Å². The lowest BCUT2D eigenvalue weighted by molar-refractivity contribution is 0.232. The normalized spacial score (nSPS) is 10.0. The second-order valence-corrected chi connectivity index (χ2v) is 1.82. The van der Waals surface area contributed by atoms with Crippen molar-refractivity contribution in [2.75, 3.05) is 6.61 Å². The van der Waals surface area contributed by atoms with Crippen molar-refractivity contribution in [2.45, 2.75) is 6.92 Å². The Morgan fingerprint density at radius 1 is 1.86 bits per heavy atom. The molecule has 0 unspecified atom stereocenters. The maximum Gasteiger partial charge on any atom is 0.101 e. The van der Waals surface area contributed by atoms with Gasteiger partial charge in [0.2, 0.25) is 0 Å². The van der Waals surface area contributed by atoms with Crippen LogP contribution in [0.15, 0.2) is 12.2 Å². The molecule has 0 aromatic carbocycles. The van der Waals surface area contributed by atoms with Gasteiger partial charge in [-0.25, -0.2) is 5.11 Å². The van der Waals surface area contributed by atoms with E-state index in [1.807, 2.05) is 0 Å². The van der Waals surface area contributed by atoms with E-state index >= 15 is 0 Å². The monoisotopic (exact) mass is 115 g/mol. The van der Waals surface area contributed by atoms with Crippen LogP contribution in [0.4, 0.5) is 0 Å². The molecule has 0 aliphatic rings. The molecule has 0 heterocycles. The van der Waals surface area contributed by atoms with Gasteiger partial charge in [0.25, 0.3) is 0 Å². The first-order valence-corrected chi connectivity index (χ1v) is 2.43. The third-order valence-electron chi connectivity index (χ3n) is 0.449. The molecule has 7 heavy (non-hydrogen) atoms. The van der Waals surface area contributed by atoms with Crippen LogP contribution >= 0.6 is 12.2 Å². The molecule has 0 aliphatic heterocycles. The van der Waals surface area contributed by atoms with Gasteiger partial charge in [-0.1, -0.05) is 24.4 Å². The van der Waals surface area contributed by atoms with Crippen LogP contribution in [-0.4, -0.2) is 11.5 Å². The number of hydrogen-bond donors (Lipinski definition) is 0. The van der Waals surface area contributed by atoms with Crippen LogP contribution in [0.1, 0.15) is 6.92 Å². The fourth-order valence-corrected chi connectivity index (χ4v) is 0.310. The highest BCUT2D eigenvalue weighted by Gasteiger charge is 1.72. The molecule has 0 rings (SSSR count). The van der Waals surface area contributed by atoms with Crippen molar-refractivity contribution < 1.29 is 5.11 Å². The summed E-state index contributed by atoms with van der Waals surface area (Å²) in [6, 6.07) is 0. The van der Waals surface area contributed by atoms with E-state index in [1.165, 1.54) is 6.08 Å². The first kappa shape index (κ1) is 6.79. The predicted octanol–water partition coefficient (Wildman–Crippen LogP) is 1.36. The molecule has 0 bridgehead atoms. The minimum atomic E-state index is -0.173. The molecule has 0 saturated heterocycles. The van der Waals surface area contributed by atoms with Gasteiger partial charge in [-0.05, 0) is 6.92 Å². The summed E-state index contributed by atoms with van der Waals surface area (Å²) in [5.74, 6) is 0. The zero-order valence-corrected chi connectivity index (χ0v) is 4.99. The SMILES string of the molecule is CC(=S)C=CC[O]. The standard InChI is InChI=1S/C5H7OS/c1-5(7)3-2-4-6/h2-3H,4H2,1H3. The van der Waals surface area contributed by atoms with Gasteiger partial charge < -0.3 is 0 Å². The van der Waals surface area contributed by atoms with E-state index in [9.17, 15) is 5.11 Å². The van der Waals surface area contributed by atoms with Crippen molar-refractivity contribution in [2.24, 2.45) is 0 Å². The number of allylic oxidation sites excluding steroid dienone is 1. The van der Waals surface area contributed by atoms with Gasteiger partial charge in [-0.15, -0.1) is 0 Å². The van der Waals surface area contributed by atoms with E-state index < -0.39 is 0 Å². The fourth-order valence-electron chi connectivity index (χ4n) is 0.214. The summed E-state index contributed by atoms with van der Waals surface area (Å²) < 4.78 is 0. The third kappa shape index (κ3) is 5.79. The average Bonchev–Trinajstić information content (AvgIpc) is 1.61. The molecule has 0 aromatic rings. The van der Waals surface area contributed by atoms with Crippen molar-refractivity contribution in [1.82, 2.24) is 0 Å². The highest BCUT2D eigenvalue weighted by molar-refractivity contribution is 7.80. The molecule has 0 atom stereocenters. The Balaban J connectivity index is 3.26. The van der Waals surface area contributed by atoms with Gasteiger partial charge in [-0.3, -0.25) is 0 Å². The molecule has 0 spiro atoms. The Morgan fingerprint density at radius 2 is 2.43 bits per heavy atom. The minimum absolute atomic E-state index is 0.173. The van der Waals surface area contributed by atoms with Gasteiger partial charge >= 0.3 is 0 Å². The molecule has 1 nitrogen and oxygen atoms in total. The molecule has 0 amide bonds. The summed E-state index contributed by atoms with van der Waals surface area (Å²) in [6.45, 7) is 1.61. The highest BCUT2D eigenvalue weighted by atomic mass is 32.1. The largest absolute Gasteiger partial charge is 0.232 e. The van der Waals surface area contributed by atoms with Crippen LogP contribution in [0.25, 0.3) is 0 Å². The van der Waals surface area contributed by atoms with Gasteiger partial charge in [0.1, 0.15) is 6.61 Å². The van der Waals surface area contributed by atoms with E-state index in [0.29, 0.717) is 0 Å². The molecule has 0 aromatic heterocycles. The topological polar surface area (TPSA) is 19.9 Å². The van der Waals surface area contributed by atoms with E-state index in [0.717, 1.165) is 4.86 Å². The van der Waals surface area contributed by atoms with Crippen LogP contribution in [-0.2, 0) is 5.11 Å². The predicted molar refractivity (Wildman–Crippen MR) is 33.0 cm³/mol. The van der Waals surface area contributed by atoms with Gasteiger partial charge in [0, 0.05) is 4.86 Å². The van der Waals surface area contributed by atoms with Crippen LogP contribution in [0.2, 0.25) is 0 Å². The van der Waals surface area contributed by atoms with E-state index in [2.05, 4.69) is 12.2 Å². The van der Waals surface area contributed by atoms with Crippen LogP contribution in [0, 0.1) is 0 Å². The Morgan fingerprint density at radius 3 is 2.57 bits per heavy atom. The summed E-state index contributed by atoms with van der Waals surface area (Å²) in [5.41, 5.74) is 0. The summed E-state index contributed by atoms with van der Waals surface area (Å²) in [5, 5.41) is 9.69. The average molecular weight is 115 g/mol. The first-order chi connectivity index (χ1) is 3.27. The lowest BCUT2D eigenvalue weighted by atomic mass is 10.4. The Hall–Kier alpha value is -0.210. The van der Waals surface area contributed by atoms with Crippen LogP contribution in [0.3, 0.4) is 0 Å². The molecule has 0 N–H and O–H groups in total. The van der Waals surface area contributed by atoms with Gasteiger partial charge in [-0.2, -0.15) is 0 Å². The Kier molecular flexibility index (Phi) is 3.84. The second-order valence-electron chi connectivity index (χ2n) is 1.18. The molecule has 39 valence electrons. The fraction of sp³-hybridized carbons (Fsp3) is 0.400. The third-order valence-corrected chi connectivity index (χ3v) is 0.585. The highest BCUT2D eigenvalue weighted by Crippen LogP contribution is 1.76. The molecule has 0 aliphatic carbocycles. The number of thiocarbonyl (C=S) groups is 1. The zero-order chi connectivity index (χ0) is 5.70. The van der Waals surface area contributed by atoms with Gasteiger partial charge in [0.05, 0.1) is 0 Å². The second kappa shape index (κ2) is 3.96. The lowest BCUT2D eigenvalue weighted by Crippen LogP contribution is -1.76. The number of hydrogen-bond acceptors (Lipinski definition) is 1. The van der Waals surface area contributed by atoms with Crippen molar-refractivity contribution in [3.63, 3.8) is 0 Å². The van der Waals surface area contributed by atoms with Crippen molar-refractivity contribution in [1.29, 1.82) is 0 Å². The van der Waals surface area contributed by atoms with Crippen molar-refractivity contribution in [3.8, 4) is 0 Å². The van der Waals surface area contributed by atoms with Crippen LogP contribution < -0.4 is 0 Å². The molecule has 0 saturated carbocycles. The Labute approximate surface area is 48.7 Å².